The topological polar surface area (TPSA) is 72.2 Å². The van der Waals surface area contributed by atoms with Crippen LogP contribution in [0, 0.1) is 0 Å². The first-order chi connectivity index (χ1) is 7.41. The van der Waals surface area contributed by atoms with Gasteiger partial charge in [0.1, 0.15) is 0 Å². The van der Waals surface area contributed by atoms with Crippen LogP contribution in [-0.2, 0) is 9.59 Å². The summed E-state index contributed by atoms with van der Waals surface area (Å²) in [5.74, 6) is 0.230. The highest BCUT2D eigenvalue weighted by Gasteiger charge is 2.08. The number of carbonyl (C=O) groups excluding carboxylic acids is 2. The first-order valence-electron chi connectivity index (χ1n) is 5.27. The third kappa shape index (κ3) is 10.2. The van der Waals surface area contributed by atoms with Gasteiger partial charge in [-0.2, -0.15) is 0 Å². The van der Waals surface area contributed by atoms with Gasteiger partial charge in [-0.1, -0.05) is 28.5 Å². The van der Waals surface area contributed by atoms with Crippen molar-refractivity contribution in [3.63, 3.8) is 0 Å². The van der Waals surface area contributed by atoms with Gasteiger partial charge in [-0.25, -0.2) is 0 Å². The Balaban J connectivity index is 3.50. The lowest BCUT2D eigenvalue weighted by atomic mass is 10.2. The number of rotatable bonds is 8. The fourth-order valence-corrected chi connectivity index (χ4v) is 3.18. The maximum Gasteiger partial charge on any atom is 0.231 e. The minimum atomic E-state index is -0.269. The molecular formula is C10H20N2O2S2. The van der Waals surface area contributed by atoms with Gasteiger partial charge in [0, 0.05) is 17.7 Å². The predicted octanol–water partition coefficient (Wildman–Crippen LogP) is 1.55. The molecular weight excluding hydrogens is 244 g/mol. The molecule has 0 radical (unpaired) electrons. The number of primary amides is 1. The van der Waals surface area contributed by atoms with Crippen molar-refractivity contribution < 1.29 is 9.59 Å². The van der Waals surface area contributed by atoms with Crippen LogP contribution >= 0.6 is 21.6 Å². The van der Waals surface area contributed by atoms with Crippen LogP contribution in [0.25, 0.3) is 0 Å². The quantitative estimate of drug-likeness (QED) is 0.652. The fourth-order valence-electron chi connectivity index (χ4n) is 0.961. The Labute approximate surface area is 105 Å². The SMILES string of the molecule is CC(C)NC(=O)CSSC(C)CCC(N)=O. The summed E-state index contributed by atoms with van der Waals surface area (Å²) >= 11 is 0. The lowest BCUT2D eigenvalue weighted by Gasteiger charge is -2.10. The molecule has 0 aliphatic heterocycles. The second kappa shape index (κ2) is 8.75. The van der Waals surface area contributed by atoms with Gasteiger partial charge in [-0.15, -0.1) is 0 Å². The van der Waals surface area contributed by atoms with E-state index < -0.39 is 0 Å². The zero-order valence-corrected chi connectivity index (χ0v) is 11.6. The van der Waals surface area contributed by atoms with Gasteiger partial charge in [-0.05, 0) is 20.3 Å². The van der Waals surface area contributed by atoms with E-state index in [0.29, 0.717) is 17.4 Å². The molecule has 1 atom stereocenters. The van der Waals surface area contributed by atoms with E-state index in [4.69, 9.17) is 5.73 Å². The Morgan fingerprint density at radius 2 is 1.94 bits per heavy atom. The van der Waals surface area contributed by atoms with Crippen molar-refractivity contribution in [1.82, 2.24) is 5.32 Å². The van der Waals surface area contributed by atoms with Crippen molar-refractivity contribution in [2.24, 2.45) is 5.73 Å². The zero-order valence-electron chi connectivity index (χ0n) is 9.99. The number of nitrogens with one attached hydrogen (secondary N) is 1. The molecule has 4 nitrogen and oxygen atoms in total. The minimum Gasteiger partial charge on any atom is -0.370 e. The van der Waals surface area contributed by atoms with Crippen LogP contribution in [0.4, 0.5) is 0 Å². The summed E-state index contributed by atoms with van der Waals surface area (Å²) in [4.78, 5) is 21.8. The molecule has 0 aliphatic rings. The number of carbonyl (C=O) groups is 2. The lowest BCUT2D eigenvalue weighted by Crippen LogP contribution is -2.31. The zero-order chi connectivity index (χ0) is 12.6. The van der Waals surface area contributed by atoms with Gasteiger partial charge in [0.15, 0.2) is 0 Å². The standard InChI is InChI=1S/C10H20N2O2S2/c1-7(2)12-10(14)6-15-16-8(3)4-5-9(11)13/h7-8H,4-6H2,1-3H3,(H2,11,13)(H,12,14). The molecule has 0 fully saturated rings. The molecule has 0 aromatic carbocycles. The lowest BCUT2D eigenvalue weighted by molar-refractivity contribution is -0.119. The van der Waals surface area contributed by atoms with Crippen LogP contribution in [0.15, 0.2) is 0 Å². The molecule has 0 spiro atoms. The summed E-state index contributed by atoms with van der Waals surface area (Å²) in [5.41, 5.74) is 5.05. The van der Waals surface area contributed by atoms with Crippen LogP contribution < -0.4 is 11.1 Å². The molecule has 6 heteroatoms. The number of nitrogens with two attached hydrogens (primary N) is 1. The molecule has 0 heterocycles. The number of hydrogen-bond acceptors (Lipinski definition) is 4. The highest BCUT2D eigenvalue weighted by molar-refractivity contribution is 8.77. The molecule has 1 unspecified atom stereocenters. The average molecular weight is 264 g/mol. The average Bonchev–Trinajstić information content (AvgIpc) is 2.13. The first-order valence-corrected chi connectivity index (χ1v) is 7.66. The molecule has 0 saturated carbocycles. The Bertz CT molecular complexity index is 235. The summed E-state index contributed by atoms with van der Waals surface area (Å²) < 4.78 is 0. The van der Waals surface area contributed by atoms with Crippen molar-refractivity contribution in [2.45, 2.75) is 44.9 Å². The van der Waals surface area contributed by atoms with Crippen molar-refractivity contribution in [3.8, 4) is 0 Å². The number of hydrogen-bond donors (Lipinski definition) is 2. The van der Waals surface area contributed by atoms with Crippen LogP contribution in [0.3, 0.4) is 0 Å². The third-order valence-corrected chi connectivity index (χ3v) is 4.50. The molecule has 2 amide bonds. The Morgan fingerprint density at radius 1 is 1.31 bits per heavy atom. The van der Waals surface area contributed by atoms with Gasteiger partial charge < -0.3 is 11.1 Å². The van der Waals surface area contributed by atoms with Crippen molar-refractivity contribution in [1.29, 1.82) is 0 Å². The molecule has 0 saturated heterocycles. The van der Waals surface area contributed by atoms with Gasteiger partial charge in [0.05, 0.1) is 5.75 Å². The van der Waals surface area contributed by atoms with E-state index in [1.807, 2.05) is 20.8 Å². The molecule has 0 aromatic heterocycles. The Morgan fingerprint density at radius 3 is 2.44 bits per heavy atom. The Kier molecular flexibility index (Phi) is 8.56. The summed E-state index contributed by atoms with van der Waals surface area (Å²) in [6.07, 6.45) is 1.17. The van der Waals surface area contributed by atoms with E-state index >= 15 is 0 Å². The van der Waals surface area contributed by atoms with Gasteiger partial charge in [0.2, 0.25) is 11.8 Å². The largest absolute Gasteiger partial charge is 0.370 e. The second-order valence-corrected chi connectivity index (χ2v) is 6.70. The van der Waals surface area contributed by atoms with Crippen molar-refractivity contribution >= 4 is 33.4 Å². The second-order valence-electron chi connectivity index (χ2n) is 3.90. The monoisotopic (exact) mass is 264 g/mol. The first kappa shape index (κ1) is 15.6. The van der Waals surface area contributed by atoms with E-state index in [-0.39, 0.29) is 17.9 Å². The molecule has 0 rings (SSSR count). The fraction of sp³-hybridized carbons (Fsp3) is 0.800. The van der Waals surface area contributed by atoms with E-state index in [9.17, 15) is 9.59 Å². The van der Waals surface area contributed by atoms with Gasteiger partial charge >= 0.3 is 0 Å². The van der Waals surface area contributed by atoms with Gasteiger partial charge in [-0.3, -0.25) is 9.59 Å². The number of amides is 2. The molecule has 3 N–H and O–H groups in total. The predicted molar refractivity (Wildman–Crippen MR) is 71.2 cm³/mol. The van der Waals surface area contributed by atoms with Gasteiger partial charge in [0.25, 0.3) is 0 Å². The smallest absolute Gasteiger partial charge is 0.231 e. The van der Waals surface area contributed by atoms with Crippen LogP contribution in [0.1, 0.15) is 33.6 Å². The van der Waals surface area contributed by atoms with Crippen molar-refractivity contribution in [2.75, 3.05) is 5.75 Å². The normalized spacial score (nSPS) is 12.5. The summed E-state index contributed by atoms with van der Waals surface area (Å²) in [6.45, 7) is 5.90. The Hall–Kier alpha value is -0.360. The molecule has 0 bridgehead atoms. The van der Waals surface area contributed by atoms with Crippen LogP contribution in [0.5, 0.6) is 0 Å². The maximum absolute atomic E-state index is 11.3. The molecule has 0 aliphatic carbocycles. The van der Waals surface area contributed by atoms with Crippen molar-refractivity contribution in [3.05, 3.63) is 0 Å². The highest BCUT2D eigenvalue weighted by Crippen LogP contribution is 2.28. The molecule has 94 valence electrons. The summed E-state index contributed by atoms with van der Waals surface area (Å²) in [5, 5.41) is 3.16. The highest BCUT2D eigenvalue weighted by atomic mass is 33.1. The minimum absolute atomic E-state index is 0.0506. The third-order valence-electron chi connectivity index (χ3n) is 1.67. The van der Waals surface area contributed by atoms with Crippen LogP contribution in [0.2, 0.25) is 0 Å². The molecule has 0 aromatic rings. The van der Waals surface area contributed by atoms with E-state index in [2.05, 4.69) is 5.32 Å². The summed E-state index contributed by atoms with van der Waals surface area (Å²) in [7, 11) is 3.14. The maximum atomic E-state index is 11.3. The van der Waals surface area contributed by atoms with E-state index in [0.717, 1.165) is 6.42 Å². The van der Waals surface area contributed by atoms with Crippen LogP contribution in [-0.4, -0.2) is 28.9 Å². The van der Waals surface area contributed by atoms with E-state index in [1.54, 1.807) is 10.8 Å². The molecule has 16 heavy (non-hydrogen) atoms. The summed E-state index contributed by atoms with van der Waals surface area (Å²) in [6, 6.07) is 0.186. The van der Waals surface area contributed by atoms with E-state index in [1.165, 1.54) is 10.8 Å².